The molecule has 0 bridgehead atoms. The van der Waals surface area contributed by atoms with Crippen molar-refractivity contribution in [2.45, 2.75) is 39.3 Å². The SMILES string of the molecule is CC(C)Cn1ccnc1NC1CCOCC1. The van der Waals surface area contributed by atoms with Crippen molar-refractivity contribution in [3.8, 4) is 0 Å². The smallest absolute Gasteiger partial charge is 0.202 e. The van der Waals surface area contributed by atoms with Gasteiger partial charge in [0.25, 0.3) is 0 Å². The zero-order valence-electron chi connectivity index (χ0n) is 10.1. The zero-order chi connectivity index (χ0) is 11.4. The molecule has 2 rings (SSSR count). The molecular weight excluding hydrogens is 202 g/mol. The summed E-state index contributed by atoms with van der Waals surface area (Å²) in [5.74, 6) is 1.64. The Hall–Kier alpha value is -1.03. The van der Waals surface area contributed by atoms with E-state index in [9.17, 15) is 0 Å². The number of hydrogen-bond acceptors (Lipinski definition) is 3. The predicted octanol–water partition coefficient (Wildman–Crippen LogP) is 2.13. The summed E-state index contributed by atoms with van der Waals surface area (Å²) in [5, 5.41) is 3.51. The van der Waals surface area contributed by atoms with Gasteiger partial charge in [-0.25, -0.2) is 4.98 Å². The van der Waals surface area contributed by atoms with Crippen molar-refractivity contribution in [3.63, 3.8) is 0 Å². The van der Waals surface area contributed by atoms with Crippen LogP contribution in [0.4, 0.5) is 5.95 Å². The molecule has 0 unspecified atom stereocenters. The van der Waals surface area contributed by atoms with E-state index in [0.29, 0.717) is 12.0 Å². The fourth-order valence-electron chi connectivity index (χ4n) is 2.01. The predicted molar refractivity (Wildman–Crippen MR) is 64.5 cm³/mol. The van der Waals surface area contributed by atoms with Gasteiger partial charge in [-0.3, -0.25) is 0 Å². The maximum Gasteiger partial charge on any atom is 0.202 e. The van der Waals surface area contributed by atoms with Crippen LogP contribution in [0.15, 0.2) is 12.4 Å². The molecule has 4 nitrogen and oxygen atoms in total. The van der Waals surface area contributed by atoms with E-state index in [1.165, 1.54) is 0 Å². The zero-order valence-corrected chi connectivity index (χ0v) is 10.1. The average molecular weight is 223 g/mol. The molecule has 1 N–H and O–H groups in total. The van der Waals surface area contributed by atoms with E-state index in [1.54, 1.807) is 0 Å². The minimum absolute atomic E-state index is 0.516. The summed E-state index contributed by atoms with van der Waals surface area (Å²) in [4.78, 5) is 4.37. The van der Waals surface area contributed by atoms with Crippen LogP contribution in [0.25, 0.3) is 0 Å². The highest BCUT2D eigenvalue weighted by atomic mass is 16.5. The Balaban J connectivity index is 1.94. The molecule has 1 saturated heterocycles. The minimum Gasteiger partial charge on any atom is -0.381 e. The van der Waals surface area contributed by atoms with Gasteiger partial charge in [0.2, 0.25) is 5.95 Å². The Morgan fingerprint density at radius 1 is 1.50 bits per heavy atom. The van der Waals surface area contributed by atoms with E-state index < -0.39 is 0 Å². The molecule has 1 aliphatic rings. The van der Waals surface area contributed by atoms with Gasteiger partial charge in [0.1, 0.15) is 0 Å². The summed E-state index contributed by atoms with van der Waals surface area (Å²) in [6.45, 7) is 7.19. The normalized spacial score (nSPS) is 17.9. The second kappa shape index (κ2) is 5.34. The highest BCUT2D eigenvalue weighted by Crippen LogP contribution is 2.14. The molecule has 16 heavy (non-hydrogen) atoms. The van der Waals surface area contributed by atoms with Crippen molar-refractivity contribution in [3.05, 3.63) is 12.4 Å². The van der Waals surface area contributed by atoms with Gasteiger partial charge in [-0.2, -0.15) is 0 Å². The highest BCUT2D eigenvalue weighted by molar-refractivity contribution is 5.27. The van der Waals surface area contributed by atoms with Crippen LogP contribution in [0.5, 0.6) is 0 Å². The monoisotopic (exact) mass is 223 g/mol. The Labute approximate surface area is 97.0 Å². The number of aromatic nitrogens is 2. The molecule has 0 aromatic carbocycles. The maximum absolute atomic E-state index is 5.35. The summed E-state index contributed by atoms with van der Waals surface area (Å²) in [5.41, 5.74) is 0. The third kappa shape index (κ3) is 2.98. The molecule has 0 spiro atoms. The van der Waals surface area contributed by atoms with Crippen LogP contribution in [0.1, 0.15) is 26.7 Å². The third-order valence-electron chi connectivity index (χ3n) is 2.83. The van der Waals surface area contributed by atoms with Crippen LogP contribution in [-0.2, 0) is 11.3 Å². The average Bonchev–Trinajstić information content (AvgIpc) is 2.66. The van der Waals surface area contributed by atoms with E-state index in [-0.39, 0.29) is 0 Å². The molecule has 4 heteroatoms. The highest BCUT2D eigenvalue weighted by Gasteiger charge is 2.15. The number of ether oxygens (including phenoxy) is 1. The van der Waals surface area contributed by atoms with Gasteiger partial charge in [0, 0.05) is 38.2 Å². The molecule has 2 heterocycles. The van der Waals surface area contributed by atoms with E-state index in [2.05, 4.69) is 28.7 Å². The van der Waals surface area contributed by atoms with Gasteiger partial charge in [0.15, 0.2) is 0 Å². The summed E-state index contributed by atoms with van der Waals surface area (Å²) in [6, 6.07) is 0.516. The van der Waals surface area contributed by atoms with Crippen molar-refractivity contribution in [2.24, 2.45) is 5.92 Å². The largest absolute Gasteiger partial charge is 0.381 e. The summed E-state index contributed by atoms with van der Waals surface area (Å²) in [6.07, 6.45) is 6.06. The lowest BCUT2D eigenvalue weighted by molar-refractivity contribution is 0.0902. The molecule has 0 aliphatic carbocycles. The number of imidazole rings is 1. The Morgan fingerprint density at radius 2 is 2.25 bits per heavy atom. The second-order valence-corrected chi connectivity index (χ2v) is 4.83. The van der Waals surface area contributed by atoms with Crippen molar-refractivity contribution in [1.29, 1.82) is 0 Å². The molecule has 0 amide bonds. The van der Waals surface area contributed by atoms with Crippen LogP contribution in [0.3, 0.4) is 0 Å². The topological polar surface area (TPSA) is 39.1 Å². The summed E-state index contributed by atoms with van der Waals surface area (Å²) < 4.78 is 7.54. The molecule has 1 fully saturated rings. The Morgan fingerprint density at radius 3 is 2.94 bits per heavy atom. The molecule has 1 aromatic rings. The number of nitrogens with one attached hydrogen (secondary N) is 1. The number of anilines is 1. The first-order chi connectivity index (χ1) is 7.75. The first-order valence-corrected chi connectivity index (χ1v) is 6.11. The van der Waals surface area contributed by atoms with Gasteiger partial charge in [0.05, 0.1) is 0 Å². The number of rotatable bonds is 4. The van der Waals surface area contributed by atoms with Crippen LogP contribution >= 0.6 is 0 Å². The van der Waals surface area contributed by atoms with Crippen molar-refractivity contribution >= 4 is 5.95 Å². The Kier molecular flexibility index (Phi) is 3.83. The first-order valence-electron chi connectivity index (χ1n) is 6.11. The van der Waals surface area contributed by atoms with Gasteiger partial charge in [-0.1, -0.05) is 13.8 Å². The maximum atomic E-state index is 5.35. The second-order valence-electron chi connectivity index (χ2n) is 4.83. The number of nitrogens with zero attached hydrogens (tertiary/aromatic N) is 2. The van der Waals surface area contributed by atoms with E-state index >= 15 is 0 Å². The van der Waals surface area contributed by atoms with Crippen LogP contribution in [0.2, 0.25) is 0 Å². The van der Waals surface area contributed by atoms with Gasteiger partial charge >= 0.3 is 0 Å². The van der Waals surface area contributed by atoms with Crippen LogP contribution in [0, 0.1) is 5.92 Å². The third-order valence-corrected chi connectivity index (χ3v) is 2.83. The van der Waals surface area contributed by atoms with Gasteiger partial charge in [-0.15, -0.1) is 0 Å². The minimum atomic E-state index is 0.516. The lowest BCUT2D eigenvalue weighted by Gasteiger charge is -2.24. The van der Waals surface area contributed by atoms with Gasteiger partial charge < -0.3 is 14.6 Å². The van der Waals surface area contributed by atoms with Crippen LogP contribution < -0.4 is 5.32 Å². The molecule has 0 saturated carbocycles. The Bertz CT molecular complexity index is 316. The lowest BCUT2D eigenvalue weighted by atomic mass is 10.1. The fourth-order valence-corrected chi connectivity index (χ4v) is 2.01. The molecule has 90 valence electrons. The molecule has 0 radical (unpaired) electrons. The molecule has 0 atom stereocenters. The first kappa shape index (κ1) is 11.5. The molecule has 1 aromatic heterocycles. The van der Waals surface area contributed by atoms with E-state index in [4.69, 9.17) is 4.74 Å². The van der Waals surface area contributed by atoms with E-state index in [0.717, 1.165) is 38.5 Å². The van der Waals surface area contributed by atoms with Gasteiger partial charge in [-0.05, 0) is 18.8 Å². The molecule has 1 aliphatic heterocycles. The summed E-state index contributed by atoms with van der Waals surface area (Å²) >= 11 is 0. The fraction of sp³-hybridized carbons (Fsp3) is 0.750. The summed E-state index contributed by atoms with van der Waals surface area (Å²) in [7, 11) is 0. The molecular formula is C12H21N3O. The number of hydrogen-bond donors (Lipinski definition) is 1. The quantitative estimate of drug-likeness (QED) is 0.850. The van der Waals surface area contributed by atoms with Crippen molar-refractivity contribution < 1.29 is 4.74 Å². The van der Waals surface area contributed by atoms with E-state index in [1.807, 2.05) is 12.4 Å². The van der Waals surface area contributed by atoms with Crippen molar-refractivity contribution in [1.82, 2.24) is 9.55 Å². The lowest BCUT2D eigenvalue weighted by Crippen LogP contribution is -2.29. The standard InChI is InChI=1S/C12H21N3O/c1-10(2)9-15-6-5-13-12(15)14-11-3-7-16-8-4-11/h5-6,10-11H,3-4,7-9H2,1-2H3,(H,13,14). The van der Waals surface area contributed by atoms with Crippen molar-refractivity contribution in [2.75, 3.05) is 18.5 Å². The van der Waals surface area contributed by atoms with Crippen LogP contribution in [-0.4, -0.2) is 28.8 Å².